The highest BCUT2D eigenvalue weighted by atomic mass is 16.1. The molecular weight excluding hydrogens is 272 g/mol. The van der Waals surface area contributed by atoms with Crippen molar-refractivity contribution in [2.45, 2.75) is 40.2 Å². The first-order chi connectivity index (χ1) is 10.5. The molecule has 0 radical (unpaired) electrons. The molecule has 0 fully saturated rings. The van der Waals surface area contributed by atoms with Gasteiger partial charge in [-0.05, 0) is 25.8 Å². The summed E-state index contributed by atoms with van der Waals surface area (Å²) in [6, 6.07) is 10.1. The van der Waals surface area contributed by atoms with E-state index in [9.17, 15) is 4.79 Å². The molecule has 2 rings (SSSR count). The first-order valence-corrected chi connectivity index (χ1v) is 8.06. The van der Waals surface area contributed by atoms with Crippen molar-refractivity contribution >= 4 is 5.91 Å². The maximum atomic E-state index is 12.7. The molecule has 3 nitrogen and oxygen atoms in total. The first-order valence-electron chi connectivity index (χ1n) is 8.06. The Hall–Kier alpha value is -2.03. The lowest BCUT2D eigenvalue weighted by molar-refractivity contribution is -0.118. The van der Waals surface area contributed by atoms with Crippen molar-refractivity contribution in [2.75, 3.05) is 6.54 Å². The highest BCUT2D eigenvalue weighted by Crippen LogP contribution is 2.26. The minimum absolute atomic E-state index is 0.00623. The van der Waals surface area contributed by atoms with Gasteiger partial charge in [-0.1, -0.05) is 50.3 Å². The van der Waals surface area contributed by atoms with Gasteiger partial charge >= 0.3 is 0 Å². The Morgan fingerprint density at radius 2 is 2.00 bits per heavy atom. The molecule has 1 amide bonds. The minimum atomic E-state index is 0.00623. The molecule has 1 heterocycles. The molecule has 1 aromatic rings. The number of hydrogen-bond donors (Lipinski definition) is 1. The zero-order valence-corrected chi connectivity index (χ0v) is 14.0. The third kappa shape index (κ3) is 3.59. The summed E-state index contributed by atoms with van der Waals surface area (Å²) in [6.07, 6.45) is 5.26. The van der Waals surface area contributed by atoms with Gasteiger partial charge in [0.05, 0.1) is 6.04 Å². The fourth-order valence-electron chi connectivity index (χ4n) is 2.88. The molecule has 2 atom stereocenters. The Kier molecular flexibility index (Phi) is 5.42. The SMILES string of the molecule is CCCN1C=C[C@@H](C)C(C(=O)N[C@H](C)c2ccccc2)=C1C. The van der Waals surface area contributed by atoms with Crippen LogP contribution in [0.2, 0.25) is 0 Å². The summed E-state index contributed by atoms with van der Waals surface area (Å²) >= 11 is 0. The van der Waals surface area contributed by atoms with Gasteiger partial charge in [0.15, 0.2) is 0 Å². The van der Waals surface area contributed by atoms with Crippen molar-refractivity contribution in [3.05, 3.63) is 59.4 Å². The summed E-state index contributed by atoms with van der Waals surface area (Å²) in [7, 11) is 0. The fourth-order valence-corrected chi connectivity index (χ4v) is 2.88. The van der Waals surface area contributed by atoms with E-state index >= 15 is 0 Å². The molecular formula is C19H26N2O. The summed E-state index contributed by atoms with van der Waals surface area (Å²) in [4.78, 5) is 14.9. The molecule has 0 unspecified atom stereocenters. The van der Waals surface area contributed by atoms with E-state index in [1.807, 2.05) is 44.2 Å². The molecule has 0 bridgehead atoms. The van der Waals surface area contributed by atoms with Crippen molar-refractivity contribution in [3.8, 4) is 0 Å². The average Bonchev–Trinajstić information content (AvgIpc) is 2.51. The molecule has 3 heteroatoms. The van der Waals surface area contributed by atoms with E-state index in [1.165, 1.54) is 0 Å². The largest absolute Gasteiger partial charge is 0.352 e. The second-order valence-corrected chi connectivity index (χ2v) is 5.93. The number of carbonyl (C=O) groups is 1. The number of hydrogen-bond acceptors (Lipinski definition) is 2. The lowest BCUT2D eigenvalue weighted by atomic mass is 9.94. The summed E-state index contributed by atoms with van der Waals surface area (Å²) in [5, 5.41) is 3.13. The molecule has 0 aliphatic carbocycles. The van der Waals surface area contributed by atoms with Crippen molar-refractivity contribution in [3.63, 3.8) is 0 Å². The van der Waals surface area contributed by atoms with Crippen LogP contribution in [0.5, 0.6) is 0 Å². The molecule has 1 aromatic carbocycles. The minimum Gasteiger partial charge on any atom is -0.352 e. The van der Waals surface area contributed by atoms with Crippen molar-refractivity contribution in [2.24, 2.45) is 5.92 Å². The maximum Gasteiger partial charge on any atom is 0.250 e. The van der Waals surface area contributed by atoms with Crippen LogP contribution >= 0.6 is 0 Å². The van der Waals surface area contributed by atoms with E-state index < -0.39 is 0 Å². The Labute approximate surface area is 133 Å². The van der Waals surface area contributed by atoms with E-state index in [0.29, 0.717) is 0 Å². The molecule has 1 N–H and O–H groups in total. The van der Waals surface area contributed by atoms with Gasteiger partial charge in [-0.3, -0.25) is 4.79 Å². The number of amides is 1. The van der Waals surface area contributed by atoms with Gasteiger partial charge in [0.25, 0.3) is 0 Å². The molecule has 0 saturated heterocycles. The number of allylic oxidation sites excluding steroid dienone is 2. The third-order valence-corrected chi connectivity index (χ3v) is 4.19. The zero-order valence-electron chi connectivity index (χ0n) is 14.0. The maximum absolute atomic E-state index is 12.7. The van der Waals surface area contributed by atoms with Crippen molar-refractivity contribution < 1.29 is 4.79 Å². The van der Waals surface area contributed by atoms with Crippen LogP contribution in [-0.4, -0.2) is 17.4 Å². The monoisotopic (exact) mass is 298 g/mol. The van der Waals surface area contributed by atoms with Crippen LogP contribution in [0.15, 0.2) is 53.9 Å². The van der Waals surface area contributed by atoms with Gasteiger partial charge in [-0.25, -0.2) is 0 Å². The van der Waals surface area contributed by atoms with Gasteiger partial charge < -0.3 is 10.2 Å². The summed E-state index contributed by atoms with van der Waals surface area (Å²) in [5.41, 5.74) is 3.06. The van der Waals surface area contributed by atoms with Crippen LogP contribution in [-0.2, 0) is 4.79 Å². The summed E-state index contributed by atoms with van der Waals surface area (Å²) < 4.78 is 0. The Bertz CT molecular complexity index is 574. The van der Waals surface area contributed by atoms with Gasteiger partial charge in [0.2, 0.25) is 5.91 Å². The zero-order chi connectivity index (χ0) is 16.1. The Balaban J connectivity index is 2.15. The Morgan fingerprint density at radius 1 is 1.32 bits per heavy atom. The Morgan fingerprint density at radius 3 is 2.64 bits per heavy atom. The predicted molar refractivity (Wildman–Crippen MR) is 91.0 cm³/mol. The second kappa shape index (κ2) is 7.30. The standard InChI is InChI=1S/C19H26N2O/c1-5-12-21-13-11-14(2)18(16(21)4)19(22)20-15(3)17-9-7-6-8-10-17/h6-11,13-15H,5,12H2,1-4H3,(H,20,22)/t14-,15-/m1/s1. The number of nitrogens with zero attached hydrogens (tertiary/aromatic N) is 1. The van der Waals surface area contributed by atoms with Gasteiger partial charge in [-0.15, -0.1) is 0 Å². The second-order valence-electron chi connectivity index (χ2n) is 5.93. The molecule has 118 valence electrons. The van der Waals surface area contributed by atoms with Crippen molar-refractivity contribution in [1.82, 2.24) is 10.2 Å². The van der Waals surface area contributed by atoms with Crippen molar-refractivity contribution in [1.29, 1.82) is 0 Å². The van der Waals surface area contributed by atoms with Crippen LogP contribution in [0.3, 0.4) is 0 Å². The number of nitrogens with one attached hydrogen (secondary N) is 1. The number of benzene rings is 1. The quantitative estimate of drug-likeness (QED) is 0.890. The topological polar surface area (TPSA) is 32.3 Å². The average molecular weight is 298 g/mol. The lowest BCUT2D eigenvalue weighted by Crippen LogP contribution is -2.34. The van der Waals surface area contributed by atoms with Gasteiger partial charge in [0, 0.05) is 29.9 Å². The summed E-state index contributed by atoms with van der Waals surface area (Å²) in [6.45, 7) is 9.23. The highest BCUT2D eigenvalue weighted by molar-refractivity contribution is 5.95. The van der Waals surface area contributed by atoms with Gasteiger partial charge in [-0.2, -0.15) is 0 Å². The molecule has 1 aliphatic rings. The molecule has 1 aliphatic heterocycles. The summed E-state index contributed by atoms with van der Waals surface area (Å²) in [5.74, 6) is 0.183. The first kappa shape index (κ1) is 16.3. The molecule has 0 aromatic heterocycles. The van der Waals surface area contributed by atoms with E-state index in [4.69, 9.17) is 0 Å². The number of carbonyl (C=O) groups excluding carboxylic acids is 1. The predicted octanol–water partition coefficient (Wildman–Crippen LogP) is 4.01. The fraction of sp³-hybridized carbons (Fsp3) is 0.421. The molecule has 0 saturated carbocycles. The van der Waals surface area contributed by atoms with Crippen LogP contribution < -0.4 is 5.32 Å². The molecule has 22 heavy (non-hydrogen) atoms. The number of rotatable bonds is 5. The van der Waals surface area contributed by atoms with E-state index in [1.54, 1.807) is 0 Å². The van der Waals surface area contributed by atoms with E-state index in [2.05, 4.69) is 36.3 Å². The van der Waals surface area contributed by atoms with Gasteiger partial charge in [0.1, 0.15) is 0 Å². The highest BCUT2D eigenvalue weighted by Gasteiger charge is 2.24. The van der Waals surface area contributed by atoms with Crippen LogP contribution in [0.4, 0.5) is 0 Å². The third-order valence-electron chi connectivity index (χ3n) is 4.19. The normalized spacial score (nSPS) is 19.3. The van der Waals surface area contributed by atoms with E-state index in [0.717, 1.165) is 29.8 Å². The molecule has 0 spiro atoms. The smallest absolute Gasteiger partial charge is 0.250 e. The van der Waals surface area contributed by atoms with Crippen LogP contribution in [0, 0.1) is 5.92 Å². The van der Waals surface area contributed by atoms with Crippen LogP contribution in [0.25, 0.3) is 0 Å². The van der Waals surface area contributed by atoms with Crippen LogP contribution in [0.1, 0.15) is 45.7 Å². The lowest BCUT2D eigenvalue weighted by Gasteiger charge is -2.30. The van der Waals surface area contributed by atoms with E-state index in [-0.39, 0.29) is 17.9 Å².